The fraction of sp³-hybridized carbons (Fsp3) is 0.824. The van der Waals surface area contributed by atoms with Crippen LogP contribution in [0.5, 0.6) is 0 Å². The van der Waals surface area contributed by atoms with E-state index in [2.05, 4.69) is 209 Å². The summed E-state index contributed by atoms with van der Waals surface area (Å²) < 4.78 is 38.0. The molecule has 0 aliphatic carbocycles. The third-order valence-electron chi connectivity index (χ3n) is 25.0. The van der Waals surface area contributed by atoms with Crippen molar-refractivity contribution in [1.29, 1.82) is 0 Å². The van der Waals surface area contributed by atoms with E-state index in [4.69, 9.17) is 28.4 Å². The maximum absolute atomic E-state index is 6.51. The molecule has 0 amide bonds. The number of ether oxygens (including phenoxy) is 6. The van der Waals surface area contributed by atoms with E-state index in [0.717, 1.165) is 99.5 Å². The van der Waals surface area contributed by atoms with Gasteiger partial charge >= 0.3 is 0 Å². The van der Waals surface area contributed by atoms with E-state index in [-0.39, 0.29) is 12.2 Å². The molecule has 0 aliphatic heterocycles. The summed E-state index contributed by atoms with van der Waals surface area (Å²) in [6.45, 7) is 53.6. The van der Waals surface area contributed by atoms with Gasteiger partial charge in [-0.15, -0.1) is 13.2 Å². The molecule has 18 atom stereocenters. The summed E-state index contributed by atoms with van der Waals surface area (Å²) in [6.07, 6.45) is 62.2. The van der Waals surface area contributed by atoms with Crippen molar-refractivity contribution in [3.63, 3.8) is 0 Å². The van der Waals surface area contributed by atoms with Crippen molar-refractivity contribution in [3.8, 4) is 0 Å². The van der Waals surface area contributed by atoms with Crippen LogP contribution in [0.25, 0.3) is 0 Å². The van der Waals surface area contributed by atoms with Gasteiger partial charge in [0.25, 0.3) is 0 Å². The van der Waals surface area contributed by atoms with Crippen LogP contribution in [0, 0.1) is 94.7 Å². The van der Waals surface area contributed by atoms with E-state index in [9.17, 15) is 0 Å². The van der Waals surface area contributed by atoms with Gasteiger partial charge in [-0.3, -0.25) is 0 Å². The lowest BCUT2D eigenvalue weighted by molar-refractivity contribution is -0.0670. The molecule has 2 aromatic carbocycles. The minimum Gasteiger partial charge on any atom is -0.379 e. The molecule has 2 aromatic rings. The van der Waals surface area contributed by atoms with E-state index in [0.29, 0.717) is 87.0 Å². The van der Waals surface area contributed by atoms with Crippen molar-refractivity contribution in [3.05, 3.63) is 109 Å². The second kappa shape index (κ2) is 68.8. The number of rotatable bonds is 78. The molecule has 0 aromatic heterocycles. The first kappa shape index (κ1) is 101. The average molecular weight is 1510 g/mol. The van der Waals surface area contributed by atoms with Gasteiger partial charge in [0.2, 0.25) is 0 Å². The zero-order valence-corrected chi connectivity index (χ0v) is 74.7. The molecule has 628 valence electrons. The monoisotopic (exact) mass is 1510 g/mol. The van der Waals surface area contributed by atoms with Crippen LogP contribution in [0.2, 0.25) is 0 Å². The largest absolute Gasteiger partial charge is 0.379 e. The first-order valence-corrected chi connectivity index (χ1v) is 46.7. The summed E-state index contributed by atoms with van der Waals surface area (Å²) in [6, 6.07) is 21.0. The van der Waals surface area contributed by atoms with Crippen LogP contribution in [-0.4, -0.2) is 65.1 Å². The Balaban J connectivity index is 1.52. The highest BCUT2D eigenvalue weighted by Crippen LogP contribution is 2.29. The van der Waals surface area contributed by atoms with Gasteiger partial charge in [-0.25, -0.2) is 0 Å². The van der Waals surface area contributed by atoms with E-state index in [1.807, 2.05) is 0 Å². The van der Waals surface area contributed by atoms with E-state index >= 15 is 0 Å². The number of benzene rings is 2. The van der Waals surface area contributed by atoms with Crippen LogP contribution in [0.4, 0.5) is 0 Å². The Morgan fingerprint density at radius 3 is 0.657 bits per heavy atom. The predicted molar refractivity (Wildman–Crippen MR) is 474 cm³/mol. The summed E-state index contributed by atoms with van der Waals surface area (Å²) >= 11 is 0. The third kappa shape index (κ3) is 61.9. The van der Waals surface area contributed by atoms with Crippen LogP contribution in [0.15, 0.2) is 98.1 Å². The quantitative estimate of drug-likeness (QED) is 0.0486. The molecule has 0 unspecified atom stereocenters. The van der Waals surface area contributed by atoms with Gasteiger partial charge < -0.3 is 28.4 Å². The summed E-state index contributed by atoms with van der Waals surface area (Å²) in [5.74, 6) is 12.0. The molecular weight excluding hydrogens is 1320 g/mol. The fourth-order valence-corrected chi connectivity index (χ4v) is 16.1. The number of hydrogen-bond donors (Lipinski definition) is 0. The number of allylic oxidation sites excluding steroid dienone is 4. The average Bonchev–Trinajstić information content (AvgIpc) is 0.971. The lowest BCUT2D eigenvalue weighted by Crippen LogP contribution is -2.27. The van der Waals surface area contributed by atoms with Crippen LogP contribution >= 0.6 is 0 Å². The Labute approximate surface area is 674 Å². The Morgan fingerprint density at radius 1 is 0.231 bits per heavy atom. The van der Waals surface area contributed by atoms with Gasteiger partial charge in [0.15, 0.2) is 0 Å². The maximum atomic E-state index is 6.51. The van der Waals surface area contributed by atoms with E-state index in [1.54, 1.807) is 0 Å². The minimum absolute atomic E-state index is 0.0287. The van der Waals surface area contributed by atoms with Crippen molar-refractivity contribution in [2.24, 2.45) is 94.7 Å². The molecule has 0 saturated heterocycles. The van der Waals surface area contributed by atoms with E-state index in [1.165, 1.54) is 242 Å². The molecule has 0 saturated carbocycles. The highest BCUT2D eigenvalue weighted by atomic mass is 16.6. The second-order valence-corrected chi connectivity index (χ2v) is 37.5. The topological polar surface area (TPSA) is 55.4 Å². The molecule has 108 heavy (non-hydrogen) atoms. The lowest BCUT2D eigenvalue weighted by Gasteiger charge is -2.21. The fourth-order valence-electron chi connectivity index (χ4n) is 16.1. The Morgan fingerprint density at radius 2 is 0.426 bits per heavy atom. The molecule has 0 N–H and O–H groups in total. The van der Waals surface area contributed by atoms with Crippen molar-refractivity contribution < 1.29 is 28.4 Å². The van der Waals surface area contributed by atoms with Gasteiger partial charge in [-0.05, 0) is 157 Å². The van der Waals surface area contributed by atoms with Gasteiger partial charge in [-0.1, -0.05) is 401 Å². The predicted octanol–water partition coefficient (Wildman–Crippen LogP) is 30.9. The highest BCUT2D eigenvalue weighted by Gasteiger charge is 2.18. The molecule has 0 aliphatic rings. The zero-order valence-electron chi connectivity index (χ0n) is 74.7. The summed E-state index contributed by atoms with van der Waals surface area (Å²) in [5.41, 5.74) is 2.41. The second-order valence-electron chi connectivity index (χ2n) is 37.5. The first-order valence-electron chi connectivity index (χ1n) is 46.7. The van der Waals surface area contributed by atoms with Crippen LogP contribution in [0.3, 0.4) is 0 Å². The minimum atomic E-state index is -0.0292. The van der Waals surface area contributed by atoms with Crippen LogP contribution in [-0.2, 0) is 41.6 Å². The molecule has 0 heterocycles. The standard InChI is InChI=1S/C102H184O6/c1-19-83(3)39-27-41-85(5)43-29-47-89(9)53-35-59-95(15)69-73-103-79-102(82-106-78-100-65-25-22-26-66-100)108-76-72-98(18)62-38-56-92(12)50-32-46-88(8)52-34-58-94(14)68-67-93(13)57-33-51-87(7)45-31-49-90(10)54-36-60-96(16)70-74-104-80-101(81-105-77-99-63-23-21-24-64-99)107-75-71-97(17)61-37-55-91(11)48-30-44-86(6)42-28-40-84(4)20-2/h19-26,63-68,83-98,101-102H,1-2,27-62,69-82H2,3-18H3/b68-67+/t83-,84-,85-,86-,87+,88+,89-,90-,91-,92-,93+,94+,95-,96-,97-,98-,101+,102+/m1/s1. The van der Waals surface area contributed by atoms with Gasteiger partial charge in [0.1, 0.15) is 12.2 Å². The van der Waals surface area contributed by atoms with Crippen molar-refractivity contribution in [1.82, 2.24) is 0 Å². The van der Waals surface area contributed by atoms with Crippen LogP contribution < -0.4 is 0 Å². The van der Waals surface area contributed by atoms with E-state index < -0.39 is 0 Å². The van der Waals surface area contributed by atoms with Gasteiger partial charge in [0, 0.05) is 26.4 Å². The molecule has 0 radical (unpaired) electrons. The molecule has 0 spiro atoms. The van der Waals surface area contributed by atoms with Gasteiger partial charge in [-0.2, -0.15) is 0 Å². The Bertz CT molecular complexity index is 2280. The van der Waals surface area contributed by atoms with Crippen molar-refractivity contribution in [2.75, 3.05) is 52.9 Å². The molecule has 0 bridgehead atoms. The van der Waals surface area contributed by atoms with Crippen LogP contribution in [0.1, 0.15) is 379 Å². The van der Waals surface area contributed by atoms with Crippen molar-refractivity contribution >= 4 is 0 Å². The summed E-state index contributed by atoms with van der Waals surface area (Å²) in [5, 5.41) is 0. The summed E-state index contributed by atoms with van der Waals surface area (Å²) in [7, 11) is 0. The molecule has 6 heteroatoms. The molecule has 2 rings (SSSR count). The maximum Gasteiger partial charge on any atom is 0.104 e. The summed E-state index contributed by atoms with van der Waals surface area (Å²) in [4.78, 5) is 0. The molecular formula is C102H184O6. The molecule has 6 nitrogen and oxygen atoms in total. The Hall–Kier alpha value is -2.58. The van der Waals surface area contributed by atoms with Gasteiger partial charge in [0.05, 0.1) is 39.6 Å². The first-order chi connectivity index (χ1) is 52.1. The normalized spacial score (nSPS) is 17.2. The Kier molecular flexibility index (Phi) is 64.6. The van der Waals surface area contributed by atoms with Crippen molar-refractivity contribution in [2.45, 2.75) is 393 Å². The lowest BCUT2D eigenvalue weighted by atomic mass is 9.90. The number of hydrogen-bond acceptors (Lipinski definition) is 6. The zero-order chi connectivity index (χ0) is 79.0. The molecule has 0 fully saturated rings. The highest BCUT2D eigenvalue weighted by molar-refractivity contribution is 5.14. The smallest absolute Gasteiger partial charge is 0.104 e. The SMILES string of the molecule is C=C[C@@H](C)CCC[C@@H](C)CCC[C@@H](C)CCC[C@@H](C)CCOC[C@@H](COCc1ccccc1)OCC[C@H](C)CCC[C@H](C)CCC[C@H](C)CCC[C@H](C)/C=C/[C@@H](C)CCC[C@@H](C)CCC[C@@H](C)CCC[C@@H](C)CCOC[C@@H](COCc1ccccc1)OCC[C@H](C)CCC[C@H](C)CCC[C@H](C)CCC[C@H](C)C=C. The third-order valence-corrected chi connectivity index (χ3v) is 25.0.